The van der Waals surface area contributed by atoms with E-state index in [2.05, 4.69) is 53.6 Å². The molecule has 3 aliphatic rings. The van der Waals surface area contributed by atoms with Crippen LogP contribution in [0.1, 0.15) is 45.4 Å². The van der Waals surface area contributed by atoms with Gasteiger partial charge < -0.3 is 19.7 Å². The molecule has 46 heavy (non-hydrogen) atoms. The van der Waals surface area contributed by atoms with Crippen molar-refractivity contribution in [2.75, 3.05) is 36.9 Å². The molecule has 0 saturated carbocycles. The fourth-order valence-electron chi connectivity index (χ4n) is 6.96. The van der Waals surface area contributed by atoms with Crippen LogP contribution in [0.2, 0.25) is 0 Å². The first kappa shape index (κ1) is 29.2. The van der Waals surface area contributed by atoms with Crippen LogP contribution >= 0.6 is 0 Å². The fourth-order valence-corrected chi connectivity index (χ4v) is 6.96. The van der Waals surface area contributed by atoms with Gasteiger partial charge in [0.2, 0.25) is 0 Å². The number of nitro groups is 1. The summed E-state index contributed by atoms with van der Waals surface area (Å²) in [6, 6.07) is 26.2. The first-order valence-corrected chi connectivity index (χ1v) is 15.2. The van der Waals surface area contributed by atoms with Gasteiger partial charge >= 0.3 is 12.1 Å². The number of rotatable bonds is 5. The zero-order chi connectivity index (χ0) is 31.8. The molecule has 10 nitrogen and oxygen atoms in total. The van der Waals surface area contributed by atoms with E-state index in [1.54, 1.807) is 17.0 Å². The minimum absolute atomic E-state index is 0.0247. The van der Waals surface area contributed by atoms with Crippen molar-refractivity contribution in [3.63, 3.8) is 0 Å². The third kappa shape index (κ3) is 5.26. The number of carbonyl (C=O) groups excluding carboxylic acids is 2. The first-order valence-electron chi connectivity index (χ1n) is 15.2. The number of nitrogens with one attached hydrogen (secondary N) is 2. The molecule has 232 valence electrons. The normalized spacial score (nSPS) is 17.9. The number of urea groups is 1. The van der Waals surface area contributed by atoms with Crippen LogP contribution in [-0.2, 0) is 27.9 Å². The smallest absolute Gasteiger partial charge is 0.411 e. The maximum atomic E-state index is 13.0. The lowest BCUT2D eigenvalue weighted by Crippen LogP contribution is -2.43. The van der Waals surface area contributed by atoms with Crippen molar-refractivity contribution < 1.29 is 24.0 Å². The van der Waals surface area contributed by atoms with Gasteiger partial charge in [0.25, 0.3) is 5.69 Å². The molecule has 2 N–H and O–H groups in total. The summed E-state index contributed by atoms with van der Waals surface area (Å²) in [7, 11) is 0. The maximum absolute atomic E-state index is 13.0. The number of non-ortho nitro benzene ring substituents is 1. The highest BCUT2D eigenvalue weighted by atomic mass is 16.6. The number of allylic oxidation sites excluding steroid dienone is 1. The van der Waals surface area contributed by atoms with Gasteiger partial charge in [-0.2, -0.15) is 0 Å². The largest absolute Gasteiger partial charge is 0.444 e. The Morgan fingerprint density at radius 2 is 1.54 bits per heavy atom. The number of hydrogen-bond acceptors (Lipinski definition) is 6. The molecule has 3 amide bonds. The Labute approximate surface area is 265 Å². The molecule has 0 bridgehead atoms. The molecule has 1 unspecified atom stereocenters. The molecule has 1 saturated heterocycles. The second-order valence-corrected chi connectivity index (χ2v) is 11.8. The van der Waals surface area contributed by atoms with Crippen LogP contribution in [0.3, 0.4) is 0 Å². The minimum atomic E-state index is -0.628. The molecular formula is C36H32N4O6. The summed E-state index contributed by atoms with van der Waals surface area (Å²) in [6.07, 6.45) is 0.697. The van der Waals surface area contributed by atoms with Gasteiger partial charge in [-0.05, 0) is 93.8 Å². The van der Waals surface area contributed by atoms with Crippen molar-refractivity contribution in [2.24, 2.45) is 0 Å². The highest BCUT2D eigenvalue weighted by molar-refractivity contribution is 5.90. The van der Waals surface area contributed by atoms with E-state index >= 15 is 0 Å². The zero-order valence-electron chi connectivity index (χ0n) is 25.1. The van der Waals surface area contributed by atoms with E-state index in [1.165, 1.54) is 23.3 Å². The van der Waals surface area contributed by atoms with Gasteiger partial charge in [0.1, 0.15) is 6.61 Å². The fraction of sp³-hybridized carbons (Fsp3) is 0.222. The van der Waals surface area contributed by atoms with Gasteiger partial charge in [-0.15, -0.1) is 0 Å². The number of nitro benzene ring substituents is 1. The Bertz CT molecular complexity index is 1880. The number of fused-ring (bicyclic) bond motifs is 6. The number of benzene rings is 4. The highest BCUT2D eigenvalue weighted by Crippen LogP contribution is 2.57. The van der Waals surface area contributed by atoms with Crippen LogP contribution in [0.15, 0.2) is 91.5 Å². The summed E-state index contributed by atoms with van der Waals surface area (Å²) in [4.78, 5) is 37.9. The second-order valence-electron chi connectivity index (χ2n) is 11.8. The van der Waals surface area contributed by atoms with Crippen molar-refractivity contribution in [2.45, 2.75) is 24.9 Å². The average Bonchev–Trinajstić information content (AvgIpc) is 3.36. The van der Waals surface area contributed by atoms with Crippen molar-refractivity contribution in [1.29, 1.82) is 0 Å². The number of ether oxygens (including phenoxy) is 2. The average molecular weight is 617 g/mol. The van der Waals surface area contributed by atoms with Crippen LogP contribution in [-0.4, -0.2) is 48.3 Å². The van der Waals surface area contributed by atoms with E-state index in [0.29, 0.717) is 44.0 Å². The monoisotopic (exact) mass is 616 g/mol. The Morgan fingerprint density at radius 1 is 0.891 bits per heavy atom. The van der Waals surface area contributed by atoms with Crippen LogP contribution in [0.25, 0.3) is 5.57 Å². The number of anilines is 2. The molecule has 0 radical (unpaired) electrons. The molecule has 1 heterocycles. The molecule has 10 heteroatoms. The molecule has 1 spiro atoms. The summed E-state index contributed by atoms with van der Waals surface area (Å²) in [6.45, 7) is 6.58. The first-order chi connectivity index (χ1) is 22.3. The van der Waals surface area contributed by atoms with Crippen molar-refractivity contribution in [3.05, 3.63) is 141 Å². The number of carbonyl (C=O) groups is 2. The van der Waals surface area contributed by atoms with Gasteiger partial charge in [0.05, 0.1) is 23.6 Å². The third-order valence-corrected chi connectivity index (χ3v) is 9.07. The maximum Gasteiger partial charge on any atom is 0.411 e. The highest BCUT2D eigenvalue weighted by Gasteiger charge is 2.47. The molecule has 2 aliphatic carbocycles. The predicted molar refractivity (Wildman–Crippen MR) is 174 cm³/mol. The molecule has 7 rings (SSSR count). The Morgan fingerprint density at radius 3 is 2.22 bits per heavy atom. The van der Waals surface area contributed by atoms with Gasteiger partial charge in [0, 0.05) is 36.6 Å². The molecule has 0 aromatic heterocycles. The molecule has 1 fully saturated rings. The molecule has 4 aromatic carbocycles. The second kappa shape index (κ2) is 11.8. The number of amides is 3. The molecule has 4 aromatic rings. The van der Waals surface area contributed by atoms with Crippen LogP contribution in [0.4, 0.5) is 26.7 Å². The summed E-state index contributed by atoms with van der Waals surface area (Å²) in [5.74, 6) is 0. The van der Waals surface area contributed by atoms with Crippen molar-refractivity contribution >= 4 is 34.8 Å². The van der Waals surface area contributed by atoms with Gasteiger partial charge in [-0.1, -0.05) is 43.0 Å². The quantitative estimate of drug-likeness (QED) is 0.187. The number of hydrogen-bond donors (Lipinski definition) is 2. The lowest BCUT2D eigenvalue weighted by molar-refractivity contribution is -0.384. The molecule has 1 aliphatic heterocycles. The van der Waals surface area contributed by atoms with Crippen LogP contribution in [0, 0.1) is 10.1 Å². The van der Waals surface area contributed by atoms with Gasteiger partial charge in [-0.25, -0.2) is 9.59 Å². The summed E-state index contributed by atoms with van der Waals surface area (Å²) < 4.78 is 10.8. The molecule has 1 atom stereocenters. The van der Waals surface area contributed by atoms with Crippen LogP contribution < -0.4 is 10.6 Å². The van der Waals surface area contributed by atoms with E-state index < -0.39 is 16.4 Å². The van der Waals surface area contributed by atoms with E-state index in [1.807, 2.05) is 24.3 Å². The van der Waals surface area contributed by atoms with E-state index in [9.17, 15) is 19.7 Å². The Kier molecular flexibility index (Phi) is 7.50. The summed E-state index contributed by atoms with van der Waals surface area (Å²) in [5, 5.41) is 16.8. The third-order valence-electron chi connectivity index (χ3n) is 9.07. The van der Waals surface area contributed by atoms with E-state index in [4.69, 9.17) is 9.47 Å². The minimum Gasteiger partial charge on any atom is -0.444 e. The number of nitrogens with zero attached hydrogens (tertiary/aromatic N) is 2. The summed E-state index contributed by atoms with van der Waals surface area (Å²) >= 11 is 0. The van der Waals surface area contributed by atoms with E-state index in [-0.39, 0.29) is 18.3 Å². The molecular weight excluding hydrogens is 584 g/mol. The lowest BCUT2D eigenvalue weighted by Gasteiger charge is -2.39. The lowest BCUT2D eigenvalue weighted by atomic mass is 9.63. The standard InChI is InChI=1S/C36H32N4O6/c1-23-21-36(33-5-3-2-4-30(23)33)31-12-8-27(37-34(41)39-14-16-45-17-15-39)19-25(31)18-26-20-28(9-13-32(26)36)38-35(42)46-22-24-6-10-29(11-7-24)40(43)44/h2-13,19-20H,1,14-18,21-22H2,(H,37,41)(H,38,42). The van der Waals surface area contributed by atoms with Crippen LogP contribution in [0.5, 0.6) is 0 Å². The Balaban J connectivity index is 1.18. The Hall–Kier alpha value is -5.48. The van der Waals surface area contributed by atoms with Crippen molar-refractivity contribution in [3.8, 4) is 0 Å². The summed E-state index contributed by atoms with van der Waals surface area (Å²) in [5.41, 5.74) is 9.35. The predicted octanol–water partition coefficient (Wildman–Crippen LogP) is 6.86. The van der Waals surface area contributed by atoms with Crippen molar-refractivity contribution in [1.82, 2.24) is 4.90 Å². The van der Waals surface area contributed by atoms with E-state index in [0.717, 1.165) is 39.9 Å². The van der Waals surface area contributed by atoms with Gasteiger partial charge in [0.15, 0.2) is 0 Å². The topological polar surface area (TPSA) is 123 Å². The van der Waals surface area contributed by atoms with Gasteiger partial charge in [-0.3, -0.25) is 15.4 Å². The zero-order valence-corrected chi connectivity index (χ0v) is 25.1. The number of morpholine rings is 1. The SMILES string of the molecule is C=C1CC2(c3ccc(NC(=O)OCc4ccc([N+](=O)[O-])cc4)cc3Cc3cc(NC(=O)N4CCOCC4)ccc32)c2ccccc21.